The van der Waals surface area contributed by atoms with Crippen LogP contribution in [0.25, 0.3) is 0 Å². The molecule has 0 saturated carbocycles. The highest BCUT2D eigenvalue weighted by molar-refractivity contribution is 5.94. The quantitative estimate of drug-likeness (QED) is 0.918. The van der Waals surface area contributed by atoms with Gasteiger partial charge in [0, 0.05) is 13.1 Å². The van der Waals surface area contributed by atoms with Crippen LogP contribution in [-0.4, -0.2) is 17.6 Å². The molecule has 0 bridgehead atoms. The second kappa shape index (κ2) is 5.56. The largest absolute Gasteiger partial charge is 0.478 e. The minimum absolute atomic E-state index is 0.0226. The van der Waals surface area contributed by atoms with Crippen molar-refractivity contribution in [2.45, 2.75) is 19.4 Å². The lowest BCUT2D eigenvalue weighted by molar-refractivity contribution is 0.0697. The Labute approximate surface area is 122 Å². The van der Waals surface area contributed by atoms with Gasteiger partial charge in [-0.05, 0) is 36.1 Å². The molecule has 0 unspecified atom stereocenters. The highest BCUT2D eigenvalue weighted by atomic mass is 19.1. The molecule has 1 heterocycles. The van der Waals surface area contributed by atoms with Crippen molar-refractivity contribution >= 4 is 11.7 Å². The number of hydrogen-bond donors (Lipinski definition) is 1. The molecule has 0 atom stereocenters. The van der Waals surface area contributed by atoms with Crippen LogP contribution in [-0.2, 0) is 13.0 Å². The van der Waals surface area contributed by atoms with E-state index in [1.165, 1.54) is 23.8 Å². The number of carboxylic acids is 1. The zero-order chi connectivity index (χ0) is 14.8. The van der Waals surface area contributed by atoms with Gasteiger partial charge in [0.2, 0.25) is 0 Å². The van der Waals surface area contributed by atoms with Crippen LogP contribution in [0, 0.1) is 5.82 Å². The maximum atomic E-state index is 14.2. The van der Waals surface area contributed by atoms with Crippen LogP contribution in [0.2, 0.25) is 0 Å². The zero-order valence-corrected chi connectivity index (χ0v) is 11.6. The third kappa shape index (κ3) is 2.61. The number of aryl methyl sites for hydroxylation is 1. The van der Waals surface area contributed by atoms with Crippen LogP contribution in [0.15, 0.2) is 42.5 Å². The number of nitrogens with zero attached hydrogens (tertiary/aromatic N) is 1. The molecule has 0 fully saturated rings. The fourth-order valence-electron chi connectivity index (χ4n) is 2.90. The molecule has 2 aromatic rings. The predicted molar refractivity (Wildman–Crippen MR) is 79.2 cm³/mol. The van der Waals surface area contributed by atoms with Crippen molar-refractivity contribution in [1.29, 1.82) is 0 Å². The van der Waals surface area contributed by atoms with Crippen LogP contribution in [0.5, 0.6) is 0 Å². The van der Waals surface area contributed by atoms with E-state index in [9.17, 15) is 14.3 Å². The van der Waals surface area contributed by atoms with Crippen molar-refractivity contribution in [2.75, 3.05) is 11.4 Å². The first-order valence-corrected chi connectivity index (χ1v) is 7.00. The van der Waals surface area contributed by atoms with Gasteiger partial charge in [-0.25, -0.2) is 9.18 Å². The molecule has 1 aliphatic heterocycles. The summed E-state index contributed by atoms with van der Waals surface area (Å²) < 4.78 is 14.2. The number of benzene rings is 2. The number of halogens is 1. The summed E-state index contributed by atoms with van der Waals surface area (Å²) in [6.07, 6.45) is 1.81. The van der Waals surface area contributed by atoms with Gasteiger partial charge in [0.15, 0.2) is 0 Å². The van der Waals surface area contributed by atoms with Gasteiger partial charge < -0.3 is 10.0 Å². The summed E-state index contributed by atoms with van der Waals surface area (Å²) in [5.74, 6) is -1.57. The maximum Gasteiger partial charge on any atom is 0.337 e. The Morgan fingerprint density at radius 2 is 1.86 bits per heavy atom. The molecule has 0 aromatic heterocycles. The Bertz CT molecular complexity index is 684. The molecule has 0 amide bonds. The number of fused-ring (bicyclic) bond motifs is 1. The number of aromatic carboxylic acids is 1. The predicted octanol–water partition coefficient (Wildman–Crippen LogP) is 3.48. The summed E-state index contributed by atoms with van der Waals surface area (Å²) in [6.45, 7) is 1.19. The summed E-state index contributed by atoms with van der Waals surface area (Å²) in [6, 6.07) is 12.3. The second-order valence-electron chi connectivity index (χ2n) is 5.23. The smallest absolute Gasteiger partial charge is 0.337 e. The number of para-hydroxylation sites is 1. The van der Waals surface area contributed by atoms with Gasteiger partial charge in [0.25, 0.3) is 0 Å². The molecule has 1 N–H and O–H groups in total. The van der Waals surface area contributed by atoms with Gasteiger partial charge >= 0.3 is 5.97 Å². The summed E-state index contributed by atoms with van der Waals surface area (Å²) in [4.78, 5) is 13.2. The van der Waals surface area contributed by atoms with Gasteiger partial charge in [-0.2, -0.15) is 0 Å². The molecule has 2 aromatic carbocycles. The summed E-state index contributed by atoms with van der Waals surface area (Å²) in [5.41, 5.74) is 2.61. The second-order valence-corrected chi connectivity index (χ2v) is 5.23. The van der Waals surface area contributed by atoms with E-state index in [1.54, 1.807) is 0 Å². The molecule has 0 aliphatic carbocycles. The van der Waals surface area contributed by atoms with Crippen molar-refractivity contribution in [3.63, 3.8) is 0 Å². The van der Waals surface area contributed by atoms with Crippen LogP contribution in [0.3, 0.4) is 0 Å². The summed E-state index contributed by atoms with van der Waals surface area (Å²) in [7, 11) is 0. The first-order chi connectivity index (χ1) is 10.2. The molecule has 3 rings (SSSR count). The van der Waals surface area contributed by atoms with E-state index in [1.807, 2.05) is 23.1 Å². The number of hydrogen-bond acceptors (Lipinski definition) is 2. The van der Waals surface area contributed by atoms with Crippen molar-refractivity contribution in [2.24, 2.45) is 0 Å². The van der Waals surface area contributed by atoms with Crippen LogP contribution < -0.4 is 4.90 Å². The Balaban J connectivity index is 2.04. The minimum Gasteiger partial charge on any atom is -0.478 e. The first-order valence-electron chi connectivity index (χ1n) is 7.00. The van der Waals surface area contributed by atoms with Gasteiger partial charge in [-0.3, -0.25) is 0 Å². The van der Waals surface area contributed by atoms with E-state index in [0.29, 0.717) is 13.1 Å². The highest BCUT2D eigenvalue weighted by Crippen LogP contribution is 2.29. The fraction of sp³-hybridized carbons (Fsp3) is 0.235. The standard InChI is InChI=1S/C17H16FNO2/c18-15-9-3-8-14(17(20)21)16(15)19-10-4-7-12-5-1-2-6-13(12)11-19/h1-3,5-6,8-9H,4,7,10-11H2,(H,20,21). The molecule has 1 aliphatic rings. The topological polar surface area (TPSA) is 40.5 Å². The van der Waals surface area contributed by atoms with Crippen LogP contribution in [0.1, 0.15) is 27.9 Å². The Morgan fingerprint density at radius 3 is 2.62 bits per heavy atom. The number of rotatable bonds is 2. The van der Waals surface area contributed by atoms with Crippen molar-refractivity contribution in [3.8, 4) is 0 Å². The van der Waals surface area contributed by atoms with Crippen molar-refractivity contribution in [1.82, 2.24) is 0 Å². The van der Waals surface area contributed by atoms with E-state index < -0.39 is 11.8 Å². The van der Waals surface area contributed by atoms with Crippen LogP contribution in [0.4, 0.5) is 10.1 Å². The molecule has 3 nitrogen and oxygen atoms in total. The van der Waals surface area contributed by atoms with Crippen LogP contribution >= 0.6 is 0 Å². The van der Waals surface area contributed by atoms with E-state index in [-0.39, 0.29) is 11.3 Å². The average molecular weight is 285 g/mol. The molecule has 21 heavy (non-hydrogen) atoms. The molecular formula is C17H16FNO2. The van der Waals surface area contributed by atoms with Crippen molar-refractivity contribution < 1.29 is 14.3 Å². The monoisotopic (exact) mass is 285 g/mol. The van der Waals surface area contributed by atoms with E-state index >= 15 is 0 Å². The third-order valence-corrected chi connectivity index (χ3v) is 3.89. The SMILES string of the molecule is O=C(O)c1cccc(F)c1N1CCCc2ccccc2C1. The number of anilines is 1. The lowest BCUT2D eigenvalue weighted by atomic mass is 10.0. The lowest BCUT2D eigenvalue weighted by Crippen LogP contribution is -2.25. The molecule has 0 radical (unpaired) electrons. The van der Waals surface area contributed by atoms with Gasteiger partial charge in [-0.1, -0.05) is 30.3 Å². The third-order valence-electron chi connectivity index (χ3n) is 3.89. The van der Waals surface area contributed by atoms with Gasteiger partial charge in [0.1, 0.15) is 5.82 Å². The van der Waals surface area contributed by atoms with Gasteiger partial charge in [0.05, 0.1) is 11.3 Å². The Morgan fingerprint density at radius 1 is 1.10 bits per heavy atom. The molecule has 108 valence electrons. The number of carboxylic acid groups (broad SMARTS) is 1. The molecule has 4 heteroatoms. The summed E-state index contributed by atoms with van der Waals surface area (Å²) >= 11 is 0. The van der Waals surface area contributed by atoms with Crippen molar-refractivity contribution in [3.05, 3.63) is 65.0 Å². The molecule has 0 saturated heterocycles. The molecule has 0 spiro atoms. The minimum atomic E-state index is -1.10. The number of carbonyl (C=O) groups is 1. The average Bonchev–Trinajstić information content (AvgIpc) is 2.68. The van der Waals surface area contributed by atoms with E-state index in [2.05, 4.69) is 6.07 Å². The zero-order valence-electron chi connectivity index (χ0n) is 11.6. The summed E-state index contributed by atoms with van der Waals surface area (Å²) in [5, 5.41) is 9.29. The highest BCUT2D eigenvalue weighted by Gasteiger charge is 2.22. The normalized spacial score (nSPS) is 14.4. The Kier molecular flexibility index (Phi) is 3.60. The first kappa shape index (κ1) is 13.6. The van der Waals surface area contributed by atoms with Gasteiger partial charge in [-0.15, -0.1) is 0 Å². The van der Waals surface area contributed by atoms with E-state index in [4.69, 9.17) is 0 Å². The maximum absolute atomic E-state index is 14.2. The fourth-order valence-corrected chi connectivity index (χ4v) is 2.90. The lowest BCUT2D eigenvalue weighted by Gasteiger charge is -2.25. The Hall–Kier alpha value is -2.36. The van der Waals surface area contributed by atoms with E-state index in [0.717, 1.165) is 18.4 Å². The molecular weight excluding hydrogens is 269 g/mol.